The van der Waals surface area contributed by atoms with Crippen molar-refractivity contribution < 1.29 is 0 Å². The van der Waals surface area contributed by atoms with Crippen molar-refractivity contribution in [3.63, 3.8) is 0 Å². The van der Waals surface area contributed by atoms with Gasteiger partial charge in [-0.3, -0.25) is 0 Å². The number of nitrogen functional groups attached to an aromatic ring is 3. The summed E-state index contributed by atoms with van der Waals surface area (Å²) in [6, 6.07) is 84.8. The Bertz CT molecular complexity index is 4280. The molecule has 0 fully saturated rings. The molecule has 344 valence electrons. The van der Waals surface area contributed by atoms with Gasteiger partial charge in [-0.15, -0.1) is 0 Å². The molecule has 7 nitrogen and oxygen atoms in total. The fraction of sp³-hybridized carbons (Fsp3) is 0. The molecule has 12 aromatic carbocycles. The van der Waals surface area contributed by atoms with Crippen molar-refractivity contribution in [2.75, 3.05) is 22.1 Å². The first-order chi connectivity index (χ1) is 35.9. The first-order valence-electron chi connectivity index (χ1n) is 24.7. The molecule has 0 aliphatic rings. The van der Waals surface area contributed by atoms with E-state index in [9.17, 15) is 0 Å². The van der Waals surface area contributed by atoms with E-state index in [-0.39, 0.29) is 0 Å². The summed E-state index contributed by atoms with van der Waals surface area (Å²) in [7, 11) is 0. The predicted molar refractivity (Wildman–Crippen MR) is 310 cm³/mol. The zero-order chi connectivity index (χ0) is 48.5. The minimum Gasteiger partial charge on any atom is -0.399 e. The van der Waals surface area contributed by atoms with Crippen LogP contribution in [0.5, 0.6) is 0 Å². The van der Waals surface area contributed by atoms with E-state index in [0.29, 0.717) is 0 Å². The molecule has 73 heavy (non-hydrogen) atoms. The van der Waals surface area contributed by atoms with Crippen LogP contribution in [-0.2, 0) is 0 Å². The van der Waals surface area contributed by atoms with Crippen LogP contribution in [0.25, 0.3) is 115 Å². The van der Waals surface area contributed by atoms with Crippen LogP contribution in [0.3, 0.4) is 0 Å². The molecule has 0 spiro atoms. The minimum atomic E-state index is 0.736. The second-order valence-corrected chi connectivity index (χ2v) is 19.3. The third kappa shape index (κ3) is 6.12. The highest BCUT2D eigenvalue weighted by Crippen LogP contribution is 2.45. The Kier molecular flexibility index (Phi) is 8.68. The van der Waals surface area contributed by atoms with Crippen LogP contribution in [0.1, 0.15) is 0 Å². The van der Waals surface area contributed by atoms with Crippen LogP contribution < -0.4 is 22.1 Å². The van der Waals surface area contributed by atoms with Crippen LogP contribution in [0.15, 0.2) is 237 Å². The molecule has 3 heterocycles. The quantitative estimate of drug-likeness (QED) is 0.145. The van der Waals surface area contributed by atoms with Crippen molar-refractivity contribution in [2.24, 2.45) is 0 Å². The molecule has 0 unspecified atom stereocenters. The van der Waals surface area contributed by atoms with E-state index >= 15 is 0 Å². The number of aromatic nitrogens is 3. The highest BCUT2D eigenvalue weighted by molar-refractivity contribution is 6.22. The van der Waals surface area contributed by atoms with Gasteiger partial charge in [0.2, 0.25) is 0 Å². The molecular formula is C66H45N7. The van der Waals surface area contributed by atoms with Crippen LogP contribution in [0, 0.1) is 0 Å². The van der Waals surface area contributed by atoms with E-state index in [1.165, 1.54) is 32.3 Å². The lowest BCUT2D eigenvalue weighted by Crippen LogP contribution is -2.10. The second kappa shape index (κ2) is 15.5. The fourth-order valence-corrected chi connectivity index (χ4v) is 11.9. The van der Waals surface area contributed by atoms with E-state index < -0.39 is 0 Å². The summed E-state index contributed by atoms with van der Waals surface area (Å²) in [6.45, 7) is 0. The lowest BCUT2D eigenvalue weighted by Gasteiger charge is -2.27. The molecule has 0 radical (unpaired) electrons. The molecule has 0 aliphatic carbocycles. The van der Waals surface area contributed by atoms with Gasteiger partial charge in [0.25, 0.3) is 0 Å². The summed E-state index contributed by atoms with van der Waals surface area (Å²) in [6.07, 6.45) is 0. The molecule has 0 saturated heterocycles. The van der Waals surface area contributed by atoms with Gasteiger partial charge in [0, 0.05) is 99.7 Å². The van der Waals surface area contributed by atoms with E-state index in [2.05, 4.69) is 237 Å². The van der Waals surface area contributed by atoms with Crippen molar-refractivity contribution in [3.05, 3.63) is 237 Å². The predicted octanol–water partition coefficient (Wildman–Crippen LogP) is 16.7. The van der Waals surface area contributed by atoms with Crippen molar-refractivity contribution in [1.82, 2.24) is 13.7 Å². The van der Waals surface area contributed by atoms with Crippen LogP contribution in [0.4, 0.5) is 34.1 Å². The maximum atomic E-state index is 6.48. The number of benzene rings is 12. The molecule has 6 N–H and O–H groups in total. The van der Waals surface area contributed by atoms with Gasteiger partial charge < -0.3 is 35.8 Å². The maximum absolute atomic E-state index is 6.48. The summed E-state index contributed by atoms with van der Waals surface area (Å²) >= 11 is 0. The lowest BCUT2D eigenvalue weighted by atomic mass is 10.0. The Morgan fingerprint density at radius 1 is 0.247 bits per heavy atom. The number of para-hydroxylation sites is 3. The van der Waals surface area contributed by atoms with Gasteiger partial charge in [-0.05, 0) is 125 Å². The number of hydrogen-bond acceptors (Lipinski definition) is 4. The topological polar surface area (TPSA) is 96.1 Å². The van der Waals surface area contributed by atoms with Crippen molar-refractivity contribution in [1.29, 1.82) is 0 Å². The van der Waals surface area contributed by atoms with Crippen LogP contribution in [-0.4, -0.2) is 13.7 Å². The zero-order valence-corrected chi connectivity index (χ0v) is 39.5. The van der Waals surface area contributed by atoms with E-state index in [1.807, 2.05) is 18.2 Å². The van der Waals surface area contributed by atoms with Gasteiger partial charge in [-0.25, -0.2) is 0 Å². The first kappa shape index (κ1) is 40.9. The van der Waals surface area contributed by atoms with Crippen LogP contribution >= 0.6 is 0 Å². The summed E-state index contributed by atoms with van der Waals surface area (Å²) in [4.78, 5) is 2.41. The normalized spacial score (nSPS) is 12.0. The molecule has 0 amide bonds. The standard InChI is InChI=1S/C66H45N7/c67-43-19-28-55-58-25-16-40-34-49(22-31-52(40)64(58)71(61(55)37-43)46-10-4-1-5-11-46)70(50-23-32-53-41(35-50)17-26-59-56-29-20-44(68)38-62(56)72(65(53)59)47-12-6-2-7-13-47)51-24-33-54-42(36-51)18-27-60-57-30-21-45(69)39-63(57)73(66(54)60)48-14-8-3-9-15-48/h1-39H,67-69H2. The number of rotatable bonds is 6. The van der Waals surface area contributed by atoms with Gasteiger partial charge in [-0.1, -0.05) is 127 Å². The Morgan fingerprint density at radius 3 is 0.822 bits per heavy atom. The number of nitrogens with two attached hydrogens (primary N) is 3. The molecule has 0 saturated carbocycles. The van der Waals surface area contributed by atoms with Gasteiger partial charge in [0.05, 0.1) is 33.1 Å². The number of anilines is 6. The highest BCUT2D eigenvalue weighted by Gasteiger charge is 2.22. The average Bonchev–Trinajstić information content (AvgIpc) is 4.07. The number of hydrogen-bond donors (Lipinski definition) is 3. The van der Waals surface area contributed by atoms with E-state index in [0.717, 1.165) is 117 Å². The third-order valence-electron chi connectivity index (χ3n) is 15.1. The largest absolute Gasteiger partial charge is 0.399 e. The van der Waals surface area contributed by atoms with Crippen molar-refractivity contribution >= 4 is 132 Å². The summed E-state index contributed by atoms with van der Waals surface area (Å²) in [5.41, 5.74) is 34.7. The molecule has 7 heteroatoms. The van der Waals surface area contributed by atoms with E-state index in [4.69, 9.17) is 17.2 Å². The third-order valence-corrected chi connectivity index (χ3v) is 15.1. The number of fused-ring (bicyclic) bond motifs is 15. The second-order valence-electron chi connectivity index (χ2n) is 19.3. The minimum absolute atomic E-state index is 0.736. The van der Waals surface area contributed by atoms with E-state index in [1.54, 1.807) is 0 Å². The molecular weight excluding hydrogens is 891 g/mol. The Labute approximate surface area is 419 Å². The smallest absolute Gasteiger partial charge is 0.0619 e. The lowest BCUT2D eigenvalue weighted by molar-refractivity contribution is 1.19. The highest BCUT2D eigenvalue weighted by atomic mass is 15.1. The molecule has 3 aromatic heterocycles. The average molecular weight is 936 g/mol. The van der Waals surface area contributed by atoms with Crippen LogP contribution in [0.2, 0.25) is 0 Å². The summed E-state index contributed by atoms with van der Waals surface area (Å²) < 4.78 is 7.09. The summed E-state index contributed by atoms with van der Waals surface area (Å²) in [5.74, 6) is 0. The van der Waals surface area contributed by atoms with Crippen molar-refractivity contribution in [3.8, 4) is 17.1 Å². The summed E-state index contributed by atoms with van der Waals surface area (Å²) in [5, 5.41) is 13.9. The molecule has 0 aliphatic heterocycles. The van der Waals surface area contributed by atoms with Crippen molar-refractivity contribution in [2.45, 2.75) is 0 Å². The molecule has 15 aromatic rings. The molecule has 0 atom stereocenters. The number of nitrogens with zero attached hydrogens (tertiary/aromatic N) is 4. The SMILES string of the molecule is Nc1ccc2c3ccc4cc(N(c5ccc6c(ccc7c8ccc(N)cc8n(-c8ccccc8)c67)c5)c5ccc6c(ccc7c8ccc(N)cc8n(-c8ccccc8)c67)c5)ccc4c3n(-c3ccccc3)c2c1. The molecule has 0 bridgehead atoms. The Balaban J connectivity index is 0.978. The Hall–Kier alpha value is -9.98. The first-order valence-corrected chi connectivity index (χ1v) is 24.7. The van der Waals surface area contributed by atoms with Gasteiger partial charge in [0.15, 0.2) is 0 Å². The van der Waals surface area contributed by atoms with Gasteiger partial charge >= 0.3 is 0 Å². The van der Waals surface area contributed by atoms with Gasteiger partial charge in [-0.2, -0.15) is 0 Å². The Morgan fingerprint density at radius 2 is 0.521 bits per heavy atom. The van der Waals surface area contributed by atoms with Gasteiger partial charge in [0.1, 0.15) is 0 Å². The zero-order valence-electron chi connectivity index (χ0n) is 39.5. The monoisotopic (exact) mass is 935 g/mol. The maximum Gasteiger partial charge on any atom is 0.0619 e. The molecule has 15 rings (SSSR count). The fourth-order valence-electron chi connectivity index (χ4n) is 11.9.